The van der Waals surface area contributed by atoms with Gasteiger partial charge in [0.15, 0.2) is 4.77 Å². The van der Waals surface area contributed by atoms with Gasteiger partial charge >= 0.3 is 0 Å². The third-order valence-electron chi connectivity index (χ3n) is 3.15. The second kappa shape index (κ2) is 5.89. The Hall–Kier alpha value is -0.800. The number of H-pyrrole nitrogens is 1. The zero-order chi connectivity index (χ0) is 13.1. The summed E-state index contributed by atoms with van der Waals surface area (Å²) in [6.45, 7) is 5.51. The number of nitrogens with zero attached hydrogens (tertiary/aromatic N) is 1. The van der Waals surface area contributed by atoms with Gasteiger partial charge in [0, 0.05) is 11.6 Å². The van der Waals surface area contributed by atoms with E-state index in [-0.39, 0.29) is 0 Å². The Bertz CT molecular complexity index is 583. The van der Waals surface area contributed by atoms with E-state index in [4.69, 9.17) is 23.8 Å². The number of nitrogens with one attached hydrogen (secondary N) is 1. The summed E-state index contributed by atoms with van der Waals surface area (Å²) in [6.07, 6.45) is 3.70. The number of fused-ring (bicyclic) bond motifs is 1. The fraction of sp³-hybridized carbons (Fsp3) is 0.500. The van der Waals surface area contributed by atoms with Gasteiger partial charge in [-0.3, -0.25) is 0 Å². The van der Waals surface area contributed by atoms with Gasteiger partial charge in [-0.15, -0.1) is 0 Å². The second-order valence-corrected chi connectivity index (χ2v) is 5.96. The molecule has 1 N–H and O–H groups in total. The number of aryl methyl sites for hydroxylation is 1. The van der Waals surface area contributed by atoms with Gasteiger partial charge in [-0.25, -0.2) is 0 Å². The van der Waals surface area contributed by atoms with Crippen LogP contribution < -0.4 is 0 Å². The molecule has 0 fully saturated rings. The molecule has 0 aliphatic rings. The molecule has 1 aromatic heterocycles. The van der Waals surface area contributed by atoms with Crippen molar-refractivity contribution in [3.8, 4) is 0 Å². The summed E-state index contributed by atoms with van der Waals surface area (Å²) in [6, 6.07) is 5.88. The van der Waals surface area contributed by atoms with Crippen LogP contribution in [0.15, 0.2) is 18.2 Å². The fourth-order valence-electron chi connectivity index (χ4n) is 2.18. The molecule has 0 saturated heterocycles. The number of rotatable bonds is 5. The van der Waals surface area contributed by atoms with Crippen LogP contribution in [-0.2, 0) is 6.54 Å². The van der Waals surface area contributed by atoms with E-state index in [2.05, 4.69) is 23.4 Å². The van der Waals surface area contributed by atoms with Gasteiger partial charge in [-0.1, -0.05) is 38.3 Å². The smallest absolute Gasteiger partial charge is 0.178 e. The van der Waals surface area contributed by atoms with Gasteiger partial charge in [0.2, 0.25) is 0 Å². The number of hydrogen-bond acceptors (Lipinski definition) is 1. The minimum Gasteiger partial charge on any atom is -0.331 e. The van der Waals surface area contributed by atoms with Crippen LogP contribution >= 0.6 is 23.8 Å². The van der Waals surface area contributed by atoms with E-state index in [1.807, 2.05) is 18.2 Å². The topological polar surface area (TPSA) is 20.7 Å². The van der Waals surface area contributed by atoms with Gasteiger partial charge in [-0.2, -0.15) is 0 Å². The molecule has 0 aliphatic carbocycles. The predicted molar refractivity (Wildman–Crippen MR) is 80.8 cm³/mol. The highest BCUT2D eigenvalue weighted by molar-refractivity contribution is 7.71. The maximum Gasteiger partial charge on any atom is 0.178 e. The van der Waals surface area contributed by atoms with Crippen molar-refractivity contribution in [2.45, 2.75) is 39.7 Å². The molecule has 2 aromatic rings. The van der Waals surface area contributed by atoms with Gasteiger partial charge < -0.3 is 9.55 Å². The van der Waals surface area contributed by atoms with Crippen LogP contribution in [0.2, 0.25) is 5.02 Å². The number of imidazole rings is 1. The molecule has 0 saturated carbocycles. The van der Waals surface area contributed by atoms with E-state index in [9.17, 15) is 0 Å². The third-order valence-corrected chi connectivity index (χ3v) is 3.71. The van der Waals surface area contributed by atoms with Crippen molar-refractivity contribution >= 4 is 34.9 Å². The average molecular weight is 283 g/mol. The Kier molecular flexibility index (Phi) is 4.46. The summed E-state index contributed by atoms with van der Waals surface area (Å²) in [5.74, 6) is 0.778. The molecule has 0 radical (unpaired) electrons. The normalized spacial score (nSPS) is 11.6. The molecule has 4 heteroatoms. The first-order valence-corrected chi connectivity index (χ1v) is 7.24. The van der Waals surface area contributed by atoms with Gasteiger partial charge in [0.25, 0.3) is 0 Å². The Morgan fingerprint density at radius 1 is 1.33 bits per heavy atom. The Morgan fingerprint density at radius 2 is 2.11 bits per heavy atom. The highest BCUT2D eigenvalue weighted by Crippen LogP contribution is 2.20. The van der Waals surface area contributed by atoms with Crippen molar-refractivity contribution < 1.29 is 0 Å². The van der Waals surface area contributed by atoms with Crippen molar-refractivity contribution in [1.29, 1.82) is 0 Å². The zero-order valence-electron chi connectivity index (χ0n) is 10.9. The van der Waals surface area contributed by atoms with Crippen molar-refractivity contribution in [2.24, 2.45) is 5.92 Å². The fourth-order valence-corrected chi connectivity index (χ4v) is 2.65. The zero-order valence-corrected chi connectivity index (χ0v) is 12.4. The minimum atomic E-state index is 0.741. The Labute approximate surface area is 118 Å². The number of halogens is 1. The van der Waals surface area contributed by atoms with Crippen molar-refractivity contribution in [2.75, 3.05) is 0 Å². The van der Waals surface area contributed by atoms with Crippen LogP contribution in [0, 0.1) is 10.7 Å². The molecule has 0 aliphatic heterocycles. The molecule has 0 unspecified atom stereocenters. The standard InChI is InChI=1S/C14H19ClN2S/c1-10(2)5-3-4-8-17-13-7-6-11(15)9-12(13)16-14(17)18/h6-7,9-10H,3-5,8H2,1-2H3,(H,16,18). The lowest BCUT2D eigenvalue weighted by Gasteiger charge is -2.06. The molecular weight excluding hydrogens is 264 g/mol. The van der Waals surface area contributed by atoms with Crippen molar-refractivity contribution in [1.82, 2.24) is 9.55 Å². The first-order chi connectivity index (χ1) is 8.58. The number of aromatic nitrogens is 2. The van der Waals surface area contributed by atoms with Gasteiger partial charge in [0.05, 0.1) is 11.0 Å². The summed E-state index contributed by atoms with van der Waals surface area (Å²) in [5, 5.41) is 0.741. The number of benzene rings is 1. The average Bonchev–Trinajstić information content (AvgIpc) is 2.59. The van der Waals surface area contributed by atoms with Crippen molar-refractivity contribution in [3.05, 3.63) is 28.0 Å². The maximum atomic E-state index is 5.98. The molecule has 1 aromatic carbocycles. The maximum absolute atomic E-state index is 5.98. The highest BCUT2D eigenvalue weighted by Gasteiger charge is 2.04. The molecule has 2 nitrogen and oxygen atoms in total. The van der Waals surface area contributed by atoms with E-state index in [1.165, 1.54) is 19.3 Å². The first kappa shape index (κ1) is 13.6. The van der Waals surface area contributed by atoms with E-state index < -0.39 is 0 Å². The second-order valence-electron chi connectivity index (χ2n) is 5.13. The number of hydrogen-bond donors (Lipinski definition) is 1. The monoisotopic (exact) mass is 282 g/mol. The van der Waals surface area contributed by atoms with Gasteiger partial charge in [0.1, 0.15) is 0 Å². The van der Waals surface area contributed by atoms with E-state index in [0.717, 1.165) is 33.3 Å². The summed E-state index contributed by atoms with van der Waals surface area (Å²) < 4.78 is 2.96. The Morgan fingerprint density at radius 3 is 2.83 bits per heavy atom. The molecule has 0 atom stereocenters. The predicted octanol–water partition coefficient (Wildman–Crippen LogP) is 5.18. The first-order valence-electron chi connectivity index (χ1n) is 6.46. The lowest BCUT2D eigenvalue weighted by atomic mass is 10.1. The van der Waals surface area contributed by atoms with Crippen LogP contribution in [-0.4, -0.2) is 9.55 Å². The molecule has 0 bridgehead atoms. The SMILES string of the molecule is CC(C)CCCCn1c(=S)[nH]c2cc(Cl)ccc21. The summed E-state index contributed by atoms with van der Waals surface area (Å²) in [7, 11) is 0. The van der Waals surface area contributed by atoms with E-state index in [1.54, 1.807) is 0 Å². The van der Waals surface area contributed by atoms with Crippen molar-refractivity contribution in [3.63, 3.8) is 0 Å². The molecule has 2 rings (SSSR count). The lowest BCUT2D eigenvalue weighted by molar-refractivity contribution is 0.511. The van der Waals surface area contributed by atoms with Crippen LogP contribution in [0.25, 0.3) is 11.0 Å². The molecule has 0 spiro atoms. The van der Waals surface area contributed by atoms with E-state index in [0.29, 0.717) is 0 Å². The Balaban J connectivity index is 2.13. The molecule has 1 heterocycles. The van der Waals surface area contributed by atoms with Gasteiger partial charge in [-0.05, 0) is 42.8 Å². The van der Waals surface area contributed by atoms with E-state index >= 15 is 0 Å². The summed E-state index contributed by atoms with van der Waals surface area (Å²) in [5.41, 5.74) is 2.17. The lowest BCUT2D eigenvalue weighted by Crippen LogP contribution is -1.98. The third kappa shape index (κ3) is 3.15. The minimum absolute atomic E-state index is 0.741. The van der Waals surface area contributed by atoms with Crippen LogP contribution in [0.3, 0.4) is 0 Å². The van der Waals surface area contributed by atoms with Crippen LogP contribution in [0.4, 0.5) is 0 Å². The van der Waals surface area contributed by atoms with Crippen LogP contribution in [0.5, 0.6) is 0 Å². The number of unbranched alkanes of at least 4 members (excludes halogenated alkanes) is 1. The molecule has 98 valence electrons. The quantitative estimate of drug-likeness (QED) is 0.592. The highest BCUT2D eigenvalue weighted by atomic mass is 35.5. The number of aromatic amines is 1. The summed E-state index contributed by atoms with van der Waals surface area (Å²) >= 11 is 11.3. The largest absolute Gasteiger partial charge is 0.331 e. The molecular formula is C14H19ClN2S. The molecule has 0 amide bonds. The summed E-state index contributed by atoms with van der Waals surface area (Å²) in [4.78, 5) is 3.21. The van der Waals surface area contributed by atoms with Crippen LogP contribution in [0.1, 0.15) is 33.1 Å². The molecule has 18 heavy (non-hydrogen) atoms.